The van der Waals surface area contributed by atoms with Crippen LogP contribution in [0.1, 0.15) is 31.2 Å². The first kappa shape index (κ1) is 12.4. The zero-order valence-electron chi connectivity index (χ0n) is 10.5. The molecule has 17 heavy (non-hydrogen) atoms. The minimum atomic E-state index is -0.140. The van der Waals surface area contributed by atoms with Crippen molar-refractivity contribution in [2.75, 3.05) is 12.4 Å². The van der Waals surface area contributed by atoms with Gasteiger partial charge in [0, 0.05) is 18.8 Å². The number of methoxy groups -OCH3 is 1. The molecular weight excluding hydrogens is 217 g/mol. The molecule has 1 fully saturated rings. The van der Waals surface area contributed by atoms with Crippen molar-refractivity contribution in [1.82, 2.24) is 0 Å². The van der Waals surface area contributed by atoms with Crippen LogP contribution in [0.2, 0.25) is 0 Å². The van der Waals surface area contributed by atoms with Crippen LogP contribution in [-0.4, -0.2) is 19.3 Å². The molecule has 1 N–H and O–H groups in total. The Morgan fingerprint density at radius 1 is 1.24 bits per heavy atom. The number of halogens is 1. The van der Waals surface area contributed by atoms with Gasteiger partial charge in [-0.25, -0.2) is 4.39 Å². The number of benzene rings is 1. The Bertz CT molecular complexity index is 372. The lowest BCUT2D eigenvalue weighted by Gasteiger charge is -2.29. The first-order valence-electron chi connectivity index (χ1n) is 6.24. The van der Waals surface area contributed by atoms with Gasteiger partial charge in [-0.2, -0.15) is 0 Å². The summed E-state index contributed by atoms with van der Waals surface area (Å²) in [7, 11) is 1.78. The van der Waals surface area contributed by atoms with Crippen molar-refractivity contribution in [2.45, 2.75) is 44.8 Å². The van der Waals surface area contributed by atoms with Gasteiger partial charge in [0.25, 0.3) is 0 Å². The summed E-state index contributed by atoms with van der Waals surface area (Å²) in [5.41, 5.74) is 1.71. The van der Waals surface area contributed by atoms with E-state index in [1.807, 2.05) is 12.1 Å². The molecule has 1 saturated carbocycles. The van der Waals surface area contributed by atoms with E-state index in [0.29, 0.717) is 17.7 Å². The molecule has 0 saturated heterocycles. The molecule has 0 aromatic heterocycles. The molecule has 1 aliphatic carbocycles. The third-order valence-corrected chi connectivity index (χ3v) is 3.54. The molecule has 0 amide bonds. The summed E-state index contributed by atoms with van der Waals surface area (Å²) in [5.74, 6) is -0.140. The summed E-state index contributed by atoms with van der Waals surface area (Å²) in [6.45, 7) is 1.79. The number of hydrogen-bond donors (Lipinski definition) is 1. The van der Waals surface area contributed by atoms with E-state index >= 15 is 0 Å². The Morgan fingerprint density at radius 2 is 1.94 bits per heavy atom. The lowest BCUT2D eigenvalue weighted by atomic mass is 9.93. The van der Waals surface area contributed by atoms with Crippen LogP contribution in [0, 0.1) is 12.7 Å². The van der Waals surface area contributed by atoms with Crippen LogP contribution in [0.15, 0.2) is 18.2 Å². The Balaban J connectivity index is 1.91. The predicted octanol–water partition coefficient (Wildman–Crippen LogP) is 3.50. The normalized spacial score (nSPS) is 24.6. The highest BCUT2D eigenvalue weighted by Crippen LogP contribution is 2.24. The molecule has 0 aliphatic heterocycles. The highest BCUT2D eigenvalue weighted by atomic mass is 19.1. The van der Waals surface area contributed by atoms with E-state index < -0.39 is 0 Å². The zero-order chi connectivity index (χ0) is 12.3. The third-order valence-electron chi connectivity index (χ3n) is 3.54. The highest BCUT2D eigenvalue weighted by molar-refractivity contribution is 5.46. The molecule has 94 valence electrons. The van der Waals surface area contributed by atoms with Crippen LogP contribution in [0.3, 0.4) is 0 Å². The van der Waals surface area contributed by atoms with Crippen molar-refractivity contribution in [1.29, 1.82) is 0 Å². The largest absolute Gasteiger partial charge is 0.382 e. The fourth-order valence-electron chi connectivity index (χ4n) is 2.41. The fourth-order valence-corrected chi connectivity index (χ4v) is 2.41. The van der Waals surface area contributed by atoms with Gasteiger partial charge in [-0.1, -0.05) is 0 Å². The first-order valence-corrected chi connectivity index (χ1v) is 6.24. The average Bonchev–Trinajstić information content (AvgIpc) is 2.35. The summed E-state index contributed by atoms with van der Waals surface area (Å²) >= 11 is 0. The molecular formula is C14H20FNO. The monoisotopic (exact) mass is 237 g/mol. The van der Waals surface area contributed by atoms with Crippen molar-refractivity contribution in [3.63, 3.8) is 0 Å². The van der Waals surface area contributed by atoms with E-state index in [2.05, 4.69) is 5.32 Å². The SMILES string of the molecule is COC1CCC(Nc2ccc(F)c(C)c2)CC1. The van der Waals surface area contributed by atoms with E-state index in [1.54, 1.807) is 14.0 Å². The van der Waals surface area contributed by atoms with Crippen LogP contribution in [0.4, 0.5) is 10.1 Å². The number of aryl methyl sites for hydroxylation is 1. The highest BCUT2D eigenvalue weighted by Gasteiger charge is 2.20. The maximum Gasteiger partial charge on any atom is 0.126 e. The quantitative estimate of drug-likeness (QED) is 0.868. The molecule has 0 spiro atoms. The second kappa shape index (κ2) is 5.50. The van der Waals surface area contributed by atoms with Gasteiger partial charge in [-0.15, -0.1) is 0 Å². The molecule has 0 heterocycles. The fraction of sp³-hybridized carbons (Fsp3) is 0.571. The molecule has 3 heteroatoms. The summed E-state index contributed by atoms with van der Waals surface area (Å²) < 4.78 is 18.5. The van der Waals surface area contributed by atoms with Crippen molar-refractivity contribution in [3.05, 3.63) is 29.6 Å². The van der Waals surface area contributed by atoms with E-state index in [0.717, 1.165) is 31.4 Å². The molecule has 1 aromatic carbocycles. The van der Waals surface area contributed by atoms with E-state index in [4.69, 9.17) is 4.74 Å². The van der Waals surface area contributed by atoms with Crippen LogP contribution in [0.25, 0.3) is 0 Å². The minimum absolute atomic E-state index is 0.140. The number of nitrogens with one attached hydrogen (secondary N) is 1. The minimum Gasteiger partial charge on any atom is -0.382 e. The number of hydrogen-bond acceptors (Lipinski definition) is 2. The Morgan fingerprint density at radius 3 is 2.53 bits per heavy atom. The van der Waals surface area contributed by atoms with Gasteiger partial charge in [0.2, 0.25) is 0 Å². The molecule has 2 rings (SSSR count). The number of ether oxygens (including phenoxy) is 1. The first-order chi connectivity index (χ1) is 8.19. The maximum atomic E-state index is 13.1. The second-order valence-electron chi connectivity index (χ2n) is 4.82. The Labute approximate surface area is 102 Å². The summed E-state index contributed by atoms with van der Waals surface area (Å²) in [5, 5.41) is 3.47. The van der Waals surface area contributed by atoms with Crippen molar-refractivity contribution < 1.29 is 9.13 Å². The van der Waals surface area contributed by atoms with E-state index in [1.165, 1.54) is 6.07 Å². The lowest BCUT2D eigenvalue weighted by molar-refractivity contribution is 0.0682. The Kier molecular flexibility index (Phi) is 4.00. The van der Waals surface area contributed by atoms with Gasteiger partial charge in [0.15, 0.2) is 0 Å². The molecule has 0 atom stereocenters. The smallest absolute Gasteiger partial charge is 0.126 e. The molecule has 2 nitrogen and oxygen atoms in total. The number of rotatable bonds is 3. The maximum absolute atomic E-state index is 13.1. The average molecular weight is 237 g/mol. The molecule has 1 aliphatic rings. The lowest BCUT2D eigenvalue weighted by Crippen LogP contribution is -2.29. The zero-order valence-corrected chi connectivity index (χ0v) is 10.5. The van der Waals surface area contributed by atoms with Crippen molar-refractivity contribution in [2.24, 2.45) is 0 Å². The van der Waals surface area contributed by atoms with Gasteiger partial charge < -0.3 is 10.1 Å². The summed E-state index contributed by atoms with van der Waals surface area (Å²) in [6.07, 6.45) is 4.87. The van der Waals surface area contributed by atoms with Crippen molar-refractivity contribution in [3.8, 4) is 0 Å². The van der Waals surface area contributed by atoms with Crippen LogP contribution in [0.5, 0.6) is 0 Å². The second-order valence-corrected chi connectivity index (χ2v) is 4.82. The van der Waals surface area contributed by atoms with E-state index in [9.17, 15) is 4.39 Å². The molecule has 0 bridgehead atoms. The van der Waals surface area contributed by atoms with Gasteiger partial charge in [-0.3, -0.25) is 0 Å². The van der Waals surface area contributed by atoms with Crippen LogP contribution >= 0.6 is 0 Å². The van der Waals surface area contributed by atoms with E-state index in [-0.39, 0.29) is 5.82 Å². The van der Waals surface area contributed by atoms with Crippen LogP contribution in [-0.2, 0) is 4.74 Å². The summed E-state index contributed by atoms with van der Waals surface area (Å²) in [4.78, 5) is 0. The molecule has 1 aromatic rings. The van der Waals surface area contributed by atoms with Gasteiger partial charge in [0.05, 0.1) is 6.10 Å². The van der Waals surface area contributed by atoms with Crippen molar-refractivity contribution >= 4 is 5.69 Å². The molecule has 0 radical (unpaired) electrons. The summed E-state index contributed by atoms with van der Waals surface area (Å²) in [6, 6.07) is 5.70. The number of anilines is 1. The Hall–Kier alpha value is -1.09. The van der Waals surface area contributed by atoms with Gasteiger partial charge in [-0.05, 0) is 56.4 Å². The molecule has 0 unspecified atom stereocenters. The predicted molar refractivity (Wildman–Crippen MR) is 67.8 cm³/mol. The third kappa shape index (κ3) is 3.19. The van der Waals surface area contributed by atoms with Gasteiger partial charge in [0.1, 0.15) is 5.82 Å². The standard InChI is InChI=1S/C14H20FNO/c1-10-9-12(5-8-14(10)15)16-11-3-6-13(17-2)7-4-11/h5,8-9,11,13,16H,3-4,6-7H2,1-2H3. The topological polar surface area (TPSA) is 21.3 Å². The van der Waals surface area contributed by atoms with Gasteiger partial charge >= 0.3 is 0 Å². The van der Waals surface area contributed by atoms with Crippen LogP contribution < -0.4 is 5.32 Å².